The van der Waals surface area contributed by atoms with Gasteiger partial charge in [0, 0.05) is 56.8 Å². The Morgan fingerprint density at radius 2 is 2.14 bits per heavy atom. The van der Waals surface area contributed by atoms with Gasteiger partial charge in [-0.2, -0.15) is 11.8 Å². The predicted molar refractivity (Wildman–Crippen MR) is 91.3 cm³/mol. The molecule has 2 heterocycles. The third-order valence-electron chi connectivity index (χ3n) is 4.33. The van der Waals surface area contributed by atoms with Gasteiger partial charge in [-0.3, -0.25) is 9.89 Å². The summed E-state index contributed by atoms with van der Waals surface area (Å²) in [5, 5.41) is 4.31. The van der Waals surface area contributed by atoms with Gasteiger partial charge in [0.15, 0.2) is 5.96 Å². The standard InChI is InChI=1S/C15H30N4OS/c1-4-14-12-19(7-10-21-14)15(16-3)17-11-13(2)18-5-8-20-9-6-18/h13-14H,4-12H2,1-3H3,(H,16,17). The SMILES string of the molecule is CCC1CN(C(=NC)NCC(C)N2CCOCC2)CCS1. The molecule has 2 unspecified atom stereocenters. The summed E-state index contributed by atoms with van der Waals surface area (Å²) in [6.07, 6.45) is 1.24. The highest BCUT2D eigenvalue weighted by Gasteiger charge is 2.22. The number of morpholine rings is 1. The molecule has 0 radical (unpaired) electrons. The molecule has 122 valence electrons. The summed E-state index contributed by atoms with van der Waals surface area (Å²) < 4.78 is 5.42. The summed E-state index contributed by atoms with van der Waals surface area (Å²) in [7, 11) is 1.89. The molecular formula is C15H30N4OS. The molecule has 2 saturated heterocycles. The highest BCUT2D eigenvalue weighted by molar-refractivity contribution is 8.00. The maximum atomic E-state index is 5.42. The van der Waals surface area contributed by atoms with Crippen molar-refractivity contribution in [2.75, 3.05) is 58.7 Å². The molecule has 0 bridgehead atoms. The van der Waals surface area contributed by atoms with Crippen LogP contribution in [-0.2, 0) is 4.74 Å². The van der Waals surface area contributed by atoms with Crippen molar-refractivity contribution < 1.29 is 4.74 Å². The molecule has 6 heteroatoms. The summed E-state index contributed by atoms with van der Waals surface area (Å²) in [6.45, 7) is 11.5. The molecule has 21 heavy (non-hydrogen) atoms. The number of guanidine groups is 1. The average Bonchev–Trinajstić information content (AvgIpc) is 2.56. The number of aliphatic imine (C=N–C) groups is 1. The van der Waals surface area contributed by atoms with E-state index >= 15 is 0 Å². The van der Waals surface area contributed by atoms with Crippen molar-refractivity contribution in [2.24, 2.45) is 4.99 Å². The lowest BCUT2D eigenvalue weighted by Crippen LogP contribution is -2.52. The molecule has 2 aliphatic rings. The van der Waals surface area contributed by atoms with Gasteiger partial charge in [0.2, 0.25) is 0 Å². The number of nitrogens with zero attached hydrogens (tertiary/aromatic N) is 3. The topological polar surface area (TPSA) is 40.1 Å². The molecule has 0 amide bonds. The molecular weight excluding hydrogens is 284 g/mol. The Morgan fingerprint density at radius 3 is 2.81 bits per heavy atom. The molecule has 5 nitrogen and oxygen atoms in total. The molecule has 0 spiro atoms. The lowest BCUT2D eigenvalue weighted by Gasteiger charge is -2.36. The van der Waals surface area contributed by atoms with Crippen LogP contribution in [0.3, 0.4) is 0 Å². The lowest BCUT2D eigenvalue weighted by molar-refractivity contribution is 0.0210. The van der Waals surface area contributed by atoms with E-state index in [2.05, 4.69) is 45.7 Å². The second-order valence-electron chi connectivity index (χ2n) is 5.77. The Balaban J connectivity index is 1.79. The normalized spacial score (nSPS) is 26.7. The maximum Gasteiger partial charge on any atom is 0.193 e. The van der Waals surface area contributed by atoms with E-state index in [0.717, 1.165) is 57.1 Å². The highest BCUT2D eigenvalue weighted by Crippen LogP contribution is 2.21. The van der Waals surface area contributed by atoms with Crippen LogP contribution in [0.2, 0.25) is 0 Å². The number of rotatable bonds is 4. The van der Waals surface area contributed by atoms with E-state index in [-0.39, 0.29) is 0 Å². The largest absolute Gasteiger partial charge is 0.379 e. The minimum atomic E-state index is 0.520. The van der Waals surface area contributed by atoms with Crippen LogP contribution in [0, 0.1) is 0 Å². The Bertz CT molecular complexity index is 334. The van der Waals surface area contributed by atoms with Crippen molar-refractivity contribution in [3.8, 4) is 0 Å². The van der Waals surface area contributed by atoms with Crippen LogP contribution in [-0.4, -0.2) is 85.8 Å². The van der Waals surface area contributed by atoms with E-state index in [9.17, 15) is 0 Å². The third-order valence-corrected chi connectivity index (χ3v) is 5.70. The van der Waals surface area contributed by atoms with Gasteiger partial charge in [-0.25, -0.2) is 0 Å². The summed E-state index contributed by atoms with van der Waals surface area (Å²) in [4.78, 5) is 9.38. The zero-order chi connectivity index (χ0) is 15.1. The monoisotopic (exact) mass is 314 g/mol. The molecule has 1 N–H and O–H groups in total. The van der Waals surface area contributed by atoms with E-state index in [0.29, 0.717) is 6.04 Å². The van der Waals surface area contributed by atoms with Crippen LogP contribution in [0.4, 0.5) is 0 Å². The van der Waals surface area contributed by atoms with Gasteiger partial charge < -0.3 is 15.0 Å². The smallest absolute Gasteiger partial charge is 0.193 e. The molecule has 2 atom stereocenters. The van der Waals surface area contributed by atoms with Crippen LogP contribution in [0.5, 0.6) is 0 Å². The van der Waals surface area contributed by atoms with Crippen LogP contribution >= 0.6 is 11.8 Å². The first-order chi connectivity index (χ1) is 10.2. The number of thioether (sulfide) groups is 1. The van der Waals surface area contributed by atoms with Gasteiger partial charge in [-0.1, -0.05) is 6.92 Å². The molecule has 0 aromatic heterocycles. The van der Waals surface area contributed by atoms with Gasteiger partial charge in [0.05, 0.1) is 13.2 Å². The number of hydrogen-bond acceptors (Lipinski definition) is 4. The molecule has 0 aromatic carbocycles. The van der Waals surface area contributed by atoms with E-state index in [1.54, 1.807) is 0 Å². The molecule has 2 fully saturated rings. The minimum Gasteiger partial charge on any atom is -0.379 e. The molecule has 2 rings (SSSR count). The van der Waals surface area contributed by atoms with Gasteiger partial charge in [-0.15, -0.1) is 0 Å². The first-order valence-corrected chi connectivity index (χ1v) is 9.18. The summed E-state index contributed by atoms with van der Waals surface area (Å²) in [5.74, 6) is 2.27. The molecule has 0 aromatic rings. The van der Waals surface area contributed by atoms with Crippen LogP contribution in [0.15, 0.2) is 4.99 Å². The van der Waals surface area contributed by atoms with Crippen molar-refractivity contribution in [2.45, 2.75) is 31.6 Å². The van der Waals surface area contributed by atoms with Crippen LogP contribution in [0.1, 0.15) is 20.3 Å². The summed E-state index contributed by atoms with van der Waals surface area (Å²) >= 11 is 2.10. The van der Waals surface area contributed by atoms with Crippen molar-refractivity contribution in [1.29, 1.82) is 0 Å². The molecule has 2 aliphatic heterocycles. The predicted octanol–water partition coefficient (Wildman–Crippen LogP) is 1.11. The van der Waals surface area contributed by atoms with Gasteiger partial charge in [-0.05, 0) is 13.3 Å². The van der Waals surface area contributed by atoms with Crippen molar-refractivity contribution in [3.63, 3.8) is 0 Å². The molecule has 0 aliphatic carbocycles. The average molecular weight is 314 g/mol. The van der Waals surface area contributed by atoms with E-state index in [4.69, 9.17) is 4.74 Å². The van der Waals surface area contributed by atoms with E-state index in [1.165, 1.54) is 12.2 Å². The second-order valence-corrected chi connectivity index (χ2v) is 7.18. The third kappa shape index (κ3) is 5.04. The fraction of sp³-hybridized carbons (Fsp3) is 0.933. The van der Waals surface area contributed by atoms with Gasteiger partial charge in [0.1, 0.15) is 0 Å². The van der Waals surface area contributed by atoms with Crippen molar-refractivity contribution in [3.05, 3.63) is 0 Å². The summed E-state index contributed by atoms with van der Waals surface area (Å²) in [6, 6.07) is 0.520. The Morgan fingerprint density at radius 1 is 1.38 bits per heavy atom. The Labute approximate surface area is 133 Å². The lowest BCUT2D eigenvalue weighted by atomic mass is 10.2. The number of hydrogen-bond donors (Lipinski definition) is 1. The number of nitrogens with one attached hydrogen (secondary N) is 1. The van der Waals surface area contributed by atoms with Crippen molar-refractivity contribution >= 4 is 17.7 Å². The minimum absolute atomic E-state index is 0.520. The van der Waals surface area contributed by atoms with Crippen LogP contribution < -0.4 is 5.32 Å². The Hall–Kier alpha value is -0.460. The zero-order valence-electron chi connectivity index (χ0n) is 13.7. The first kappa shape index (κ1) is 16.9. The molecule has 0 saturated carbocycles. The van der Waals surface area contributed by atoms with Crippen LogP contribution in [0.25, 0.3) is 0 Å². The quantitative estimate of drug-likeness (QED) is 0.622. The first-order valence-electron chi connectivity index (χ1n) is 8.13. The Kier molecular flexibility index (Phi) is 7.13. The van der Waals surface area contributed by atoms with Gasteiger partial charge >= 0.3 is 0 Å². The van der Waals surface area contributed by atoms with Crippen molar-refractivity contribution in [1.82, 2.24) is 15.1 Å². The zero-order valence-corrected chi connectivity index (χ0v) is 14.5. The summed E-state index contributed by atoms with van der Waals surface area (Å²) in [5.41, 5.74) is 0. The van der Waals surface area contributed by atoms with Gasteiger partial charge in [0.25, 0.3) is 0 Å². The van der Waals surface area contributed by atoms with E-state index < -0.39 is 0 Å². The fourth-order valence-electron chi connectivity index (χ4n) is 2.88. The number of ether oxygens (including phenoxy) is 1. The fourth-order valence-corrected chi connectivity index (χ4v) is 4.06. The highest BCUT2D eigenvalue weighted by atomic mass is 32.2. The van der Waals surface area contributed by atoms with E-state index in [1.807, 2.05) is 7.05 Å². The second kappa shape index (κ2) is 8.86. The maximum absolute atomic E-state index is 5.42.